The molecule has 0 aromatic heterocycles. The normalized spacial score (nSPS) is 17.7. The van der Waals surface area contributed by atoms with Crippen LogP contribution >= 0.6 is 0 Å². The van der Waals surface area contributed by atoms with Gasteiger partial charge in [-0.1, -0.05) is 72.8 Å². The number of benzene rings is 3. The monoisotopic (exact) mass is 372 g/mol. The van der Waals surface area contributed by atoms with E-state index in [9.17, 15) is 9.59 Å². The first kappa shape index (κ1) is 18.2. The summed E-state index contributed by atoms with van der Waals surface area (Å²) in [5, 5.41) is 5.42. The van der Waals surface area contributed by atoms with Gasteiger partial charge in [0.05, 0.1) is 12.0 Å². The Morgan fingerprint density at radius 2 is 1.75 bits per heavy atom. The maximum absolute atomic E-state index is 12.8. The third kappa shape index (κ3) is 3.77. The number of fused-ring (bicyclic) bond motifs is 1. The minimum absolute atomic E-state index is 0.0433. The van der Waals surface area contributed by atoms with Crippen LogP contribution in [0.1, 0.15) is 30.5 Å². The van der Waals surface area contributed by atoms with Crippen LogP contribution in [0.2, 0.25) is 0 Å². The molecule has 0 saturated carbocycles. The van der Waals surface area contributed by atoms with Gasteiger partial charge in [-0.05, 0) is 28.8 Å². The second kappa shape index (κ2) is 7.85. The van der Waals surface area contributed by atoms with Gasteiger partial charge in [0.15, 0.2) is 0 Å². The zero-order chi connectivity index (χ0) is 19.5. The second-order valence-electron chi connectivity index (χ2n) is 7.46. The predicted octanol–water partition coefficient (Wildman–Crippen LogP) is 4.07. The minimum atomic E-state index is -0.298. The summed E-state index contributed by atoms with van der Waals surface area (Å²) < 4.78 is 0. The average molecular weight is 372 g/mol. The summed E-state index contributed by atoms with van der Waals surface area (Å²) in [7, 11) is 0. The molecule has 1 aliphatic rings. The lowest BCUT2D eigenvalue weighted by Gasteiger charge is -2.20. The van der Waals surface area contributed by atoms with Crippen molar-refractivity contribution in [2.24, 2.45) is 5.92 Å². The summed E-state index contributed by atoms with van der Waals surface area (Å²) in [6.45, 7) is 3.03. The Morgan fingerprint density at radius 1 is 1.04 bits per heavy atom. The molecule has 1 unspecified atom stereocenters. The molecule has 3 aromatic carbocycles. The van der Waals surface area contributed by atoms with Crippen molar-refractivity contribution in [1.82, 2.24) is 10.2 Å². The quantitative estimate of drug-likeness (QED) is 0.734. The Hall–Kier alpha value is -3.14. The number of nitrogens with one attached hydrogen (secondary N) is 1. The van der Waals surface area contributed by atoms with Crippen molar-refractivity contribution >= 4 is 22.6 Å². The van der Waals surface area contributed by atoms with Crippen molar-refractivity contribution in [3.8, 4) is 0 Å². The molecule has 1 N–H and O–H groups in total. The van der Waals surface area contributed by atoms with E-state index < -0.39 is 0 Å². The van der Waals surface area contributed by atoms with Crippen molar-refractivity contribution in [2.45, 2.75) is 25.9 Å². The summed E-state index contributed by atoms with van der Waals surface area (Å²) in [5.74, 6) is -0.306. The Balaban J connectivity index is 1.43. The molecule has 4 nitrogen and oxygen atoms in total. The molecule has 0 aliphatic carbocycles. The molecular formula is C24H24N2O2. The Bertz CT molecular complexity index is 994. The summed E-state index contributed by atoms with van der Waals surface area (Å²) in [5.41, 5.74) is 2.18. The van der Waals surface area contributed by atoms with E-state index in [-0.39, 0.29) is 30.2 Å². The number of amides is 2. The highest BCUT2D eigenvalue weighted by Crippen LogP contribution is 2.26. The number of hydrogen-bond donors (Lipinski definition) is 1. The lowest BCUT2D eigenvalue weighted by Crippen LogP contribution is -2.34. The van der Waals surface area contributed by atoms with E-state index in [0.29, 0.717) is 13.1 Å². The average Bonchev–Trinajstić information content (AvgIpc) is 3.09. The summed E-state index contributed by atoms with van der Waals surface area (Å²) >= 11 is 0. The fourth-order valence-corrected chi connectivity index (χ4v) is 3.94. The molecule has 2 amide bonds. The molecule has 28 heavy (non-hydrogen) atoms. The zero-order valence-electron chi connectivity index (χ0n) is 16.0. The van der Waals surface area contributed by atoms with E-state index in [2.05, 4.69) is 29.6 Å². The number of carbonyl (C=O) groups excluding carboxylic acids is 2. The molecule has 1 saturated heterocycles. The van der Waals surface area contributed by atoms with Crippen molar-refractivity contribution in [3.05, 3.63) is 83.9 Å². The van der Waals surface area contributed by atoms with Crippen LogP contribution in [0, 0.1) is 5.92 Å². The molecule has 2 atom stereocenters. The first-order valence-electron chi connectivity index (χ1n) is 9.71. The standard InChI is InChI=1S/C24H24N2O2/c1-17(21-13-7-11-19-10-5-6-12-22(19)21)25-24(28)20-14-23(27)26(16-20)15-18-8-3-2-4-9-18/h2-13,17,20H,14-16H2,1H3,(H,25,28)/t17?,20-/m0/s1. The molecule has 1 heterocycles. The largest absolute Gasteiger partial charge is 0.349 e. The van der Waals surface area contributed by atoms with Crippen LogP contribution in [0.5, 0.6) is 0 Å². The molecule has 1 aliphatic heterocycles. The molecule has 3 aromatic rings. The molecule has 1 fully saturated rings. The van der Waals surface area contributed by atoms with Gasteiger partial charge in [-0.2, -0.15) is 0 Å². The van der Waals surface area contributed by atoms with E-state index >= 15 is 0 Å². The molecule has 0 spiro atoms. The third-order valence-corrected chi connectivity index (χ3v) is 5.45. The van der Waals surface area contributed by atoms with Crippen LogP contribution < -0.4 is 5.32 Å². The van der Waals surface area contributed by atoms with E-state index in [1.807, 2.05) is 55.5 Å². The van der Waals surface area contributed by atoms with Gasteiger partial charge < -0.3 is 10.2 Å². The van der Waals surface area contributed by atoms with Crippen molar-refractivity contribution in [1.29, 1.82) is 0 Å². The van der Waals surface area contributed by atoms with Gasteiger partial charge in [0, 0.05) is 19.5 Å². The topological polar surface area (TPSA) is 49.4 Å². The van der Waals surface area contributed by atoms with Crippen LogP contribution in [0.15, 0.2) is 72.8 Å². The van der Waals surface area contributed by atoms with Crippen molar-refractivity contribution in [3.63, 3.8) is 0 Å². The second-order valence-corrected chi connectivity index (χ2v) is 7.46. The SMILES string of the molecule is CC(NC(=O)[C@H]1CC(=O)N(Cc2ccccc2)C1)c1cccc2ccccc12. The molecule has 4 rings (SSSR count). The van der Waals surface area contributed by atoms with E-state index in [4.69, 9.17) is 0 Å². The number of nitrogens with zero attached hydrogens (tertiary/aromatic N) is 1. The lowest BCUT2D eigenvalue weighted by atomic mass is 9.99. The van der Waals surface area contributed by atoms with Gasteiger partial charge >= 0.3 is 0 Å². The fraction of sp³-hybridized carbons (Fsp3) is 0.250. The maximum atomic E-state index is 12.8. The summed E-state index contributed by atoms with van der Waals surface area (Å²) in [6, 6.07) is 24.1. The number of hydrogen-bond acceptors (Lipinski definition) is 2. The lowest BCUT2D eigenvalue weighted by molar-refractivity contribution is -0.129. The molecule has 4 heteroatoms. The molecule has 0 bridgehead atoms. The van der Waals surface area contributed by atoms with Gasteiger partial charge in [0.2, 0.25) is 11.8 Å². The number of carbonyl (C=O) groups is 2. The molecule has 0 radical (unpaired) electrons. The first-order chi connectivity index (χ1) is 13.6. The molecule has 142 valence electrons. The summed E-state index contributed by atoms with van der Waals surface area (Å²) in [6.07, 6.45) is 0.279. The Morgan fingerprint density at radius 3 is 2.57 bits per heavy atom. The van der Waals surface area contributed by atoms with Crippen LogP contribution in [0.25, 0.3) is 10.8 Å². The molecular weight excluding hydrogens is 348 g/mol. The van der Waals surface area contributed by atoms with E-state index in [1.165, 1.54) is 0 Å². The van der Waals surface area contributed by atoms with Crippen LogP contribution in [0.4, 0.5) is 0 Å². The van der Waals surface area contributed by atoms with E-state index in [1.54, 1.807) is 4.90 Å². The highest BCUT2D eigenvalue weighted by atomic mass is 16.2. The van der Waals surface area contributed by atoms with Gasteiger partial charge in [0.1, 0.15) is 0 Å². The smallest absolute Gasteiger partial charge is 0.225 e. The predicted molar refractivity (Wildman–Crippen MR) is 110 cm³/mol. The van der Waals surface area contributed by atoms with Gasteiger partial charge in [-0.15, -0.1) is 0 Å². The van der Waals surface area contributed by atoms with E-state index in [0.717, 1.165) is 21.9 Å². The van der Waals surface area contributed by atoms with Crippen LogP contribution in [0.3, 0.4) is 0 Å². The number of likely N-dealkylation sites (tertiary alicyclic amines) is 1. The third-order valence-electron chi connectivity index (χ3n) is 5.45. The van der Waals surface area contributed by atoms with Crippen molar-refractivity contribution < 1.29 is 9.59 Å². The number of rotatable bonds is 5. The highest BCUT2D eigenvalue weighted by Gasteiger charge is 2.34. The van der Waals surface area contributed by atoms with Gasteiger partial charge in [-0.3, -0.25) is 9.59 Å². The van der Waals surface area contributed by atoms with Crippen LogP contribution in [-0.2, 0) is 16.1 Å². The Kier molecular flexibility index (Phi) is 5.11. The van der Waals surface area contributed by atoms with Crippen molar-refractivity contribution in [2.75, 3.05) is 6.54 Å². The summed E-state index contributed by atoms with van der Waals surface area (Å²) in [4.78, 5) is 27.0. The zero-order valence-corrected chi connectivity index (χ0v) is 16.0. The Labute approximate surface area is 165 Å². The van der Waals surface area contributed by atoms with Gasteiger partial charge in [-0.25, -0.2) is 0 Å². The highest BCUT2D eigenvalue weighted by molar-refractivity contribution is 5.90. The van der Waals surface area contributed by atoms with Crippen LogP contribution in [-0.4, -0.2) is 23.3 Å². The maximum Gasteiger partial charge on any atom is 0.225 e. The first-order valence-corrected chi connectivity index (χ1v) is 9.71. The minimum Gasteiger partial charge on any atom is -0.349 e. The fourth-order valence-electron chi connectivity index (χ4n) is 3.94. The van der Waals surface area contributed by atoms with Gasteiger partial charge in [0.25, 0.3) is 0 Å².